The fraction of sp³-hybridized carbons (Fsp3) is 0.458. The monoisotopic (exact) mass is 443 g/mol. The molecule has 6 nitrogen and oxygen atoms in total. The van der Waals surface area contributed by atoms with Crippen molar-refractivity contribution in [1.82, 2.24) is 10.6 Å². The van der Waals surface area contributed by atoms with E-state index in [1.54, 1.807) is 26.3 Å². The third-order valence-electron chi connectivity index (χ3n) is 6.12. The van der Waals surface area contributed by atoms with Gasteiger partial charge in [0.05, 0.1) is 12.0 Å². The largest absolute Gasteiger partial charge is 0.497 e. The predicted molar refractivity (Wildman–Crippen MR) is 126 cm³/mol. The number of rotatable bonds is 8. The summed E-state index contributed by atoms with van der Waals surface area (Å²) in [5, 5.41) is 6.90. The van der Waals surface area contributed by atoms with Crippen molar-refractivity contribution in [2.75, 3.05) is 33.5 Å². The first-order valence-corrected chi connectivity index (χ1v) is 12.6. The van der Waals surface area contributed by atoms with Gasteiger partial charge in [0.2, 0.25) is 0 Å². The van der Waals surface area contributed by atoms with Crippen molar-refractivity contribution in [2.24, 2.45) is 4.99 Å². The number of hydrogen-bond donors (Lipinski definition) is 2. The molecular formula is C24H33N3O3S. The summed E-state index contributed by atoms with van der Waals surface area (Å²) in [5.41, 5.74) is 2.49. The van der Waals surface area contributed by atoms with E-state index in [0.717, 1.165) is 43.1 Å². The van der Waals surface area contributed by atoms with E-state index in [2.05, 4.69) is 33.8 Å². The van der Waals surface area contributed by atoms with Gasteiger partial charge in [0.15, 0.2) is 15.8 Å². The van der Waals surface area contributed by atoms with Crippen LogP contribution in [-0.2, 0) is 21.7 Å². The van der Waals surface area contributed by atoms with E-state index < -0.39 is 9.84 Å². The second-order valence-electron chi connectivity index (χ2n) is 8.24. The number of benzene rings is 2. The Morgan fingerprint density at radius 3 is 2.42 bits per heavy atom. The van der Waals surface area contributed by atoms with E-state index in [1.165, 1.54) is 24.7 Å². The first-order valence-electron chi connectivity index (χ1n) is 10.7. The fourth-order valence-electron chi connectivity index (χ4n) is 4.27. The second kappa shape index (κ2) is 10.2. The van der Waals surface area contributed by atoms with Crippen molar-refractivity contribution in [3.05, 3.63) is 59.7 Å². The number of sulfone groups is 1. The number of ether oxygens (including phenoxy) is 1. The molecule has 0 bridgehead atoms. The van der Waals surface area contributed by atoms with Crippen molar-refractivity contribution in [3.63, 3.8) is 0 Å². The molecule has 1 saturated carbocycles. The van der Waals surface area contributed by atoms with Crippen LogP contribution in [0.3, 0.4) is 0 Å². The average molecular weight is 444 g/mol. The highest BCUT2D eigenvalue weighted by molar-refractivity contribution is 7.90. The van der Waals surface area contributed by atoms with Gasteiger partial charge in [0.25, 0.3) is 0 Å². The van der Waals surface area contributed by atoms with Gasteiger partial charge >= 0.3 is 0 Å². The zero-order valence-electron chi connectivity index (χ0n) is 18.6. The van der Waals surface area contributed by atoms with Crippen molar-refractivity contribution in [3.8, 4) is 5.75 Å². The van der Waals surface area contributed by atoms with E-state index in [0.29, 0.717) is 11.4 Å². The quantitative estimate of drug-likeness (QED) is 0.483. The lowest BCUT2D eigenvalue weighted by Crippen LogP contribution is -2.45. The summed E-state index contributed by atoms with van der Waals surface area (Å²) in [6, 6.07) is 15.5. The lowest BCUT2D eigenvalue weighted by Gasteiger charge is -2.31. The second-order valence-corrected chi connectivity index (χ2v) is 10.3. The molecule has 2 N–H and O–H groups in total. The third kappa shape index (κ3) is 6.00. The Hall–Kier alpha value is -2.54. The Morgan fingerprint density at radius 2 is 1.81 bits per heavy atom. The van der Waals surface area contributed by atoms with Crippen LogP contribution in [0.15, 0.2) is 58.4 Å². The molecule has 0 saturated heterocycles. The molecule has 1 aliphatic rings. The smallest absolute Gasteiger partial charge is 0.191 e. The van der Waals surface area contributed by atoms with E-state index >= 15 is 0 Å². The van der Waals surface area contributed by atoms with Crippen LogP contribution in [0.4, 0.5) is 0 Å². The van der Waals surface area contributed by atoms with Crippen LogP contribution in [0.2, 0.25) is 0 Å². The number of nitrogens with one attached hydrogen (secondary N) is 2. The van der Waals surface area contributed by atoms with Gasteiger partial charge in [-0.05, 0) is 54.7 Å². The van der Waals surface area contributed by atoms with Gasteiger partial charge < -0.3 is 15.4 Å². The van der Waals surface area contributed by atoms with Crippen LogP contribution in [0, 0.1) is 0 Å². The minimum atomic E-state index is -3.16. The highest BCUT2D eigenvalue weighted by Crippen LogP contribution is 2.41. The first kappa shape index (κ1) is 23.1. The summed E-state index contributed by atoms with van der Waals surface area (Å²) in [5.74, 6) is 1.68. The summed E-state index contributed by atoms with van der Waals surface area (Å²) >= 11 is 0. The SMILES string of the molecule is CN=C(NCCc1ccc(S(C)(=O)=O)cc1)NCC1(c2cccc(OC)c2)CCCC1. The number of hydrogen-bond acceptors (Lipinski definition) is 4. The van der Waals surface area contributed by atoms with Gasteiger partial charge in [-0.15, -0.1) is 0 Å². The minimum absolute atomic E-state index is 0.0909. The van der Waals surface area contributed by atoms with Crippen molar-refractivity contribution >= 4 is 15.8 Å². The molecule has 168 valence electrons. The molecule has 0 aliphatic heterocycles. The molecule has 0 amide bonds. The Balaban J connectivity index is 1.56. The van der Waals surface area contributed by atoms with E-state index in [9.17, 15) is 8.42 Å². The summed E-state index contributed by atoms with van der Waals surface area (Å²) in [6.45, 7) is 1.53. The van der Waals surface area contributed by atoms with Gasteiger partial charge in [0.1, 0.15) is 5.75 Å². The minimum Gasteiger partial charge on any atom is -0.497 e. The van der Waals surface area contributed by atoms with Crippen LogP contribution in [0.1, 0.15) is 36.8 Å². The molecule has 2 aromatic rings. The summed E-state index contributed by atoms with van der Waals surface area (Å²) in [7, 11) is 0.329. The van der Waals surface area contributed by atoms with Gasteiger partial charge in [-0.25, -0.2) is 8.42 Å². The Morgan fingerprint density at radius 1 is 1.10 bits per heavy atom. The maximum atomic E-state index is 11.6. The van der Waals surface area contributed by atoms with E-state index in [1.807, 2.05) is 18.2 Å². The van der Waals surface area contributed by atoms with Gasteiger partial charge in [-0.1, -0.05) is 37.1 Å². The Kier molecular flexibility index (Phi) is 7.59. The molecule has 0 radical (unpaired) electrons. The van der Waals surface area contributed by atoms with Crippen LogP contribution >= 0.6 is 0 Å². The molecule has 7 heteroatoms. The number of methoxy groups -OCH3 is 1. The van der Waals surface area contributed by atoms with Gasteiger partial charge in [0, 0.05) is 31.8 Å². The average Bonchev–Trinajstić information content (AvgIpc) is 3.26. The Labute approximate surface area is 186 Å². The highest BCUT2D eigenvalue weighted by Gasteiger charge is 2.36. The maximum absolute atomic E-state index is 11.6. The highest BCUT2D eigenvalue weighted by atomic mass is 32.2. The molecule has 1 fully saturated rings. The van der Waals surface area contributed by atoms with Crippen molar-refractivity contribution in [2.45, 2.75) is 42.4 Å². The lowest BCUT2D eigenvalue weighted by atomic mass is 9.78. The number of nitrogens with zero attached hydrogens (tertiary/aromatic N) is 1. The molecule has 2 aromatic carbocycles. The molecule has 0 aromatic heterocycles. The zero-order chi connectivity index (χ0) is 22.3. The standard InChI is InChI=1S/C24H33N3O3S/c1-25-23(26-16-13-19-9-11-22(12-10-19)31(3,28)29)27-18-24(14-4-5-15-24)20-7-6-8-21(17-20)30-2/h6-12,17H,4-5,13-16,18H2,1-3H3,(H2,25,26,27). The molecule has 0 spiro atoms. The third-order valence-corrected chi connectivity index (χ3v) is 7.25. The predicted octanol–water partition coefficient (Wildman–Crippen LogP) is 3.32. The normalized spacial score (nSPS) is 16.2. The Bertz CT molecular complexity index is 995. The topological polar surface area (TPSA) is 79.8 Å². The fourth-order valence-corrected chi connectivity index (χ4v) is 4.90. The van der Waals surface area contributed by atoms with Crippen molar-refractivity contribution in [1.29, 1.82) is 0 Å². The van der Waals surface area contributed by atoms with Crippen molar-refractivity contribution < 1.29 is 13.2 Å². The molecule has 31 heavy (non-hydrogen) atoms. The number of guanidine groups is 1. The van der Waals surface area contributed by atoms with Gasteiger partial charge in [-0.3, -0.25) is 4.99 Å². The van der Waals surface area contributed by atoms with Gasteiger partial charge in [-0.2, -0.15) is 0 Å². The summed E-state index contributed by atoms with van der Waals surface area (Å²) < 4.78 is 28.6. The first-order chi connectivity index (χ1) is 14.9. The van der Waals surface area contributed by atoms with Crippen LogP contribution < -0.4 is 15.4 Å². The summed E-state index contributed by atoms with van der Waals surface area (Å²) in [4.78, 5) is 4.72. The molecule has 0 unspecified atom stereocenters. The zero-order valence-corrected chi connectivity index (χ0v) is 19.5. The lowest BCUT2D eigenvalue weighted by molar-refractivity contribution is 0.404. The number of aliphatic imine (C=N–C) groups is 1. The maximum Gasteiger partial charge on any atom is 0.191 e. The van der Waals surface area contributed by atoms with Crippen LogP contribution in [0.25, 0.3) is 0 Å². The van der Waals surface area contributed by atoms with Crippen LogP contribution in [-0.4, -0.2) is 47.9 Å². The molecule has 0 heterocycles. The molecule has 1 aliphatic carbocycles. The summed E-state index contributed by atoms with van der Waals surface area (Å²) in [6.07, 6.45) is 6.77. The molecule has 0 atom stereocenters. The van der Waals surface area contributed by atoms with E-state index in [4.69, 9.17) is 4.74 Å². The van der Waals surface area contributed by atoms with E-state index in [-0.39, 0.29) is 5.41 Å². The van der Waals surface area contributed by atoms with Crippen LogP contribution in [0.5, 0.6) is 5.75 Å². The molecular weight excluding hydrogens is 410 g/mol. The molecule has 3 rings (SSSR count).